The summed E-state index contributed by atoms with van der Waals surface area (Å²) in [5.74, 6) is 0.976. The second kappa shape index (κ2) is 7.09. The Morgan fingerprint density at radius 1 is 1.29 bits per heavy atom. The lowest BCUT2D eigenvalue weighted by atomic mass is 9.95. The summed E-state index contributed by atoms with van der Waals surface area (Å²) in [6.07, 6.45) is 3.25. The van der Waals surface area contributed by atoms with Crippen LogP contribution in [0.3, 0.4) is 0 Å². The molecule has 1 aliphatic rings. The fourth-order valence-electron chi connectivity index (χ4n) is 3.26. The lowest BCUT2D eigenvalue weighted by Crippen LogP contribution is -2.44. The highest BCUT2D eigenvalue weighted by atomic mass is 19.1. The Morgan fingerprint density at radius 2 is 1.96 bits per heavy atom. The van der Waals surface area contributed by atoms with Gasteiger partial charge < -0.3 is 4.90 Å². The van der Waals surface area contributed by atoms with Crippen molar-refractivity contribution in [2.24, 2.45) is 0 Å². The van der Waals surface area contributed by atoms with Crippen LogP contribution in [0.15, 0.2) is 30.6 Å². The minimum Gasteiger partial charge on any atom is -0.341 e. The Morgan fingerprint density at radius 3 is 2.50 bits per heavy atom. The van der Waals surface area contributed by atoms with Crippen LogP contribution in [-0.2, 0) is 4.79 Å². The van der Waals surface area contributed by atoms with Gasteiger partial charge in [-0.05, 0) is 44.6 Å². The van der Waals surface area contributed by atoms with E-state index >= 15 is 0 Å². The van der Waals surface area contributed by atoms with E-state index in [0.29, 0.717) is 19.0 Å². The van der Waals surface area contributed by atoms with Crippen LogP contribution in [0, 0.1) is 5.82 Å². The van der Waals surface area contributed by atoms with Gasteiger partial charge in [0.05, 0.1) is 0 Å². The molecule has 0 spiro atoms. The molecule has 24 heavy (non-hydrogen) atoms. The molecule has 7 heteroatoms. The number of amides is 1. The van der Waals surface area contributed by atoms with Gasteiger partial charge >= 0.3 is 0 Å². The number of carbonyl (C=O) groups excluding carboxylic acids is 1. The van der Waals surface area contributed by atoms with E-state index in [2.05, 4.69) is 15.2 Å². The topological polar surface area (TPSA) is 65.1 Å². The first-order valence-corrected chi connectivity index (χ1v) is 8.12. The van der Waals surface area contributed by atoms with E-state index in [-0.39, 0.29) is 11.7 Å². The van der Waals surface area contributed by atoms with Crippen LogP contribution in [0.5, 0.6) is 0 Å². The van der Waals surface area contributed by atoms with Gasteiger partial charge in [-0.15, -0.1) is 0 Å². The molecule has 0 aliphatic carbocycles. The van der Waals surface area contributed by atoms with Crippen LogP contribution in [0.4, 0.5) is 4.39 Å². The van der Waals surface area contributed by atoms with E-state index in [0.717, 1.165) is 24.2 Å². The van der Waals surface area contributed by atoms with Crippen LogP contribution < -0.4 is 0 Å². The predicted octanol–water partition coefficient (Wildman–Crippen LogP) is 1.95. The van der Waals surface area contributed by atoms with Gasteiger partial charge in [0.1, 0.15) is 24.0 Å². The fraction of sp³-hybridized carbons (Fsp3) is 0.471. The third-order valence-corrected chi connectivity index (χ3v) is 4.56. The van der Waals surface area contributed by atoms with Gasteiger partial charge in [-0.2, -0.15) is 5.10 Å². The SMILES string of the molecule is CN(C)C(C(=O)N1CCC(c2ncn[nH]2)CC1)c1ccc(F)cc1. The summed E-state index contributed by atoms with van der Waals surface area (Å²) < 4.78 is 13.2. The summed E-state index contributed by atoms with van der Waals surface area (Å²) in [5.41, 5.74) is 0.809. The van der Waals surface area contributed by atoms with Crippen LogP contribution in [0.1, 0.15) is 36.2 Å². The van der Waals surface area contributed by atoms with Crippen LogP contribution in [0.2, 0.25) is 0 Å². The highest BCUT2D eigenvalue weighted by Crippen LogP contribution is 2.28. The van der Waals surface area contributed by atoms with Crippen molar-refractivity contribution < 1.29 is 9.18 Å². The number of aromatic amines is 1. The zero-order chi connectivity index (χ0) is 17.1. The van der Waals surface area contributed by atoms with Crippen LogP contribution in [-0.4, -0.2) is 58.1 Å². The first-order valence-electron chi connectivity index (χ1n) is 8.12. The Bertz CT molecular complexity index is 663. The third kappa shape index (κ3) is 3.46. The van der Waals surface area contributed by atoms with E-state index in [1.165, 1.54) is 18.5 Å². The van der Waals surface area contributed by atoms with Crippen molar-refractivity contribution >= 4 is 5.91 Å². The number of rotatable bonds is 4. The van der Waals surface area contributed by atoms with Gasteiger partial charge in [0.2, 0.25) is 5.91 Å². The molecule has 0 radical (unpaired) electrons. The van der Waals surface area contributed by atoms with Crippen LogP contribution in [0.25, 0.3) is 0 Å². The third-order valence-electron chi connectivity index (χ3n) is 4.56. The molecule has 2 heterocycles. The van der Waals surface area contributed by atoms with Gasteiger partial charge in [0.25, 0.3) is 0 Å². The molecule has 2 aromatic rings. The van der Waals surface area contributed by atoms with E-state index in [1.54, 1.807) is 12.1 Å². The summed E-state index contributed by atoms with van der Waals surface area (Å²) >= 11 is 0. The second-order valence-corrected chi connectivity index (χ2v) is 6.39. The number of benzene rings is 1. The lowest BCUT2D eigenvalue weighted by Gasteiger charge is -2.35. The van der Waals surface area contributed by atoms with E-state index in [9.17, 15) is 9.18 Å². The summed E-state index contributed by atoms with van der Waals surface area (Å²) in [6, 6.07) is 5.76. The van der Waals surface area contributed by atoms with Crippen molar-refractivity contribution in [2.45, 2.75) is 24.8 Å². The Labute approximate surface area is 140 Å². The lowest BCUT2D eigenvalue weighted by molar-refractivity contribution is -0.137. The number of nitrogens with zero attached hydrogens (tertiary/aromatic N) is 4. The molecule has 1 saturated heterocycles. The van der Waals surface area contributed by atoms with E-state index in [4.69, 9.17) is 0 Å². The molecule has 0 saturated carbocycles. The van der Waals surface area contributed by atoms with E-state index < -0.39 is 6.04 Å². The molecule has 1 aromatic carbocycles. The Kier molecular flexibility index (Phi) is 4.89. The molecule has 1 aliphatic heterocycles. The normalized spacial score (nSPS) is 17.2. The number of likely N-dealkylation sites (N-methyl/N-ethyl adjacent to an activating group) is 1. The summed E-state index contributed by atoms with van der Waals surface area (Å²) in [4.78, 5) is 21.0. The highest BCUT2D eigenvalue weighted by Gasteiger charge is 2.31. The number of halogens is 1. The van der Waals surface area contributed by atoms with Gasteiger partial charge in [0, 0.05) is 19.0 Å². The average molecular weight is 331 g/mol. The maximum atomic E-state index is 13.2. The van der Waals surface area contributed by atoms with E-state index in [1.807, 2.05) is 23.9 Å². The summed E-state index contributed by atoms with van der Waals surface area (Å²) in [6.45, 7) is 1.38. The molecule has 128 valence electrons. The van der Waals surface area contributed by atoms with Crippen molar-refractivity contribution in [1.29, 1.82) is 0 Å². The molecule has 6 nitrogen and oxygen atoms in total. The Hall–Kier alpha value is -2.28. The number of H-pyrrole nitrogens is 1. The second-order valence-electron chi connectivity index (χ2n) is 6.39. The largest absolute Gasteiger partial charge is 0.341 e. The van der Waals surface area contributed by atoms with Gasteiger partial charge in [-0.1, -0.05) is 12.1 Å². The van der Waals surface area contributed by atoms with Crippen molar-refractivity contribution in [3.8, 4) is 0 Å². The van der Waals surface area contributed by atoms with Crippen molar-refractivity contribution in [1.82, 2.24) is 25.0 Å². The average Bonchev–Trinajstić information content (AvgIpc) is 3.11. The first kappa shape index (κ1) is 16.6. The summed E-state index contributed by atoms with van der Waals surface area (Å²) in [7, 11) is 3.74. The monoisotopic (exact) mass is 331 g/mol. The van der Waals surface area contributed by atoms with Crippen molar-refractivity contribution in [2.75, 3.05) is 27.2 Å². The minimum atomic E-state index is -0.396. The van der Waals surface area contributed by atoms with Crippen molar-refractivity contribution in [3.05, 3.63) is 47.8 Å². The molecule has 1 atom stereocenters. The quantitative estimate of drug-likeness (QED) is 0.930. The molecule has 3 rings (SSSR count). The standard InChI is InChI=1S/C17H22FN5O/c1-22(2)15(12-3-5-14(18)6-4-12)17(24)23-9-7-13(8-10-23)16-19-11-20-21-16/h3-6,11,13,15H,7-10H2,1-2H3,(H,19,20,21). The fourth-order valence-corrected chi connectivity index (χ4v) is 3.26. The maximum Gasteiger partial charge on any atom is 0.244 e. The number of aromatic nitrogens is 3. The first-order chi connectivity index (χ1) is 11.6. The number of nitrogens with one attached hydrogen (secondary N) is 1. The molecule has 1 N–H and O–H groups in total. The molecule has 0 bridgehead atoms. The van der Waals surface area contributed by atoms with Gasteiger partial charge in [-0.3, -0.25) is 14.8 Å². The molecule has 1 amide bonds. The molecular formula is C17H22FN5O. The van der Waals surface area contributed by atoms with Gasteiger partial charge in [-0.25, -0.2) is 9.37 Å². The number of hydrogen-bond acceptors (Lipinski definition) is 4. The molecular weight excluding hydrogens is 309 g/mol. The number of hydrogen-bond donors (Lipinski definition) is 1. The minimum absolute atomic E-state index is 0.0580. The van der Waals surface area contributed by atoms with Crippen LogP contribution >= 0.6 is 0 Å². The smallest absolute Gasteiger partial charge is 0.244 e. The number of piperidine rings is 1. The molecule has 1 aromatic heterocycles. The number of carbonyl (C=O) groups is 1. The molecule has 1 fully saturated rings. The zero-order valence-corrected chi connectivity index (χ0v) is 13.9. The Balaban J connectivity index is 1.69. The zero-order valence-electron chi connectivity index (χ0n) is 13.9. The van der Waals surface area contributed by atoms with Gasteiger partial charge in [0.15, 0.2) is 0 Å². The summed E-state index contributed by atoms with van der Waals surface area (Å²) in [5, 5.41) is 6.81. The van der Waals surface area contributed by atoms with Crippen molar-refractivity contribution in [3.63, 3.8) is 0 Å². The number of likely N-dealkylation sites (tertiary alicyclic amines) is 1. The predicted molar refractivity (Wildman–Crippen MR) is 87.8 cm³/mol. The molecule has 1 unspecified atom stereocenters. The maximum absolute atomic E-state index is 13.2. The highest BCUT2D eigenvalue weighted by molar-refractivity contribution is 5.83.